The molecule has 0 spiro atoms. The summed E-state index contributed by atoms with van der Waals surface area (Å²) in [5, 5.41) is 32.5. The van der Waals surface area contributed by atoms with E-state index in [1.165, 1.54) is 0 Å². The van der Waals surface area contributed by atoms with E-state index in [-0.39, 0.29) is 6.61 Å². The maximum Gasteiger partial charge on any atom is 0.330 e. The summed E-state index contributed by atoms with van der Waals surface area (Å²) in [5.41, 5.74) is -0.579. The van der Waals surface area contributed by atoms with Gasteiger partial charge >= 0.3 is 5.69 Å². The maximum absolute atomic E-state index is 12.5. The number of rotatable bonds is 6. The fourth-order valence-corrected chi connectivity index (χ4v) is 3.08. The first-order valence-corrected chi connectivity index (χ1v) is 8.69. The highest BCUT2D eigenvalue weighted by atomic mass is 16.6. The molecule has 3 rings (SSSR count). The molecule has 0 unspecified atom stereocenters. The van der Waals surface area contributed by atoms with Crippen molar-refractivity contribution in [2.75, 3.05) is 6.61 Å². The number of carbonyl (C=O) groups is 1. The van der Waals surface area contributed by atoms with Gasteiger partial charge in [0.1, 0.15) is 12.2 Å². The van der Waals surface area contributed by atoms with Gasteiger partial charge in [-0.2, -0.15) is 0 Å². The van der Waals surface area contributed by atoms with Crippen LogP contribution < -0.4 is 16.6 Å². The molecule has 0 saturated carbocycles. The highest BCUT2D eigenvalue weighted by Crippen LogP contribution is 2.28. The van der Waals surface area contributed by atoms with Gasteiger partial charge in [-0.15, -0.1) is 0 Å². The van der Waals surface area contributed by atoms with E-state index >= 15 is 0 Å². The van der Waals surface area contributed by atoms with Crippen molar-refractivity contribution >= 4 is 5.91 Å². The largest absolute Gasteiger partial charge is 0.394 e. The molecule has 0 bridgehead atoms. The van der Waals surface area contributed by atoms with Crippen LogP contribution in [0, 0.1) is 0 Å². The topological polar surface area (TPSA) is 154 Å². The van der Waals surface area contributed by atoms with Crippen LogP contribution in [0.15, 0.2) is 52.2 Å². The highest BCUT2D eigenvalue weighted by molar-refractivity contribution is 5.82. The van der Waals surface area contributed by atoms with Gasteiger partial charge in [-0.25, -0.2) is 4.79 Å². The molecule has 1 aromatic heterocycles. The van der Waals surface area contributed by atoms with Crippen molar-refractivity contribution in [3.8, 4) is 0 Å². The average Bonchev–Trinajstić information content (AvgIpc) is 2.97. The number of H-pyrrole nitrogens is 1. The van der Waals surface area contributed by atoms with E-state index in [1.54, 1.807) is 0 Å². The zero-order chi connectivity index (χ0) is 20.3. The molecule has 28 heavy (non-hydrogen) atoms. The molecule has 10 heteroatoms. The molecule has 1 aromatic carbocycles. The number of hydrogen-bond donors (Lipinski definition) is 5. The Kier molecular flexibility index (Phi) is 6.05. The van der Waals surface area contributed by atoms with Gasteiger partial charge in [0.25, 0.3) is 11.5 Å². The lowest BCUT2D eigenvalue weighted by Crippen LogP contribution is -2.48. The molecule has 1 saturated heterocycles. The highest BCUT2D eigenvalue weighted by Gasteiger charge is 2.47. The van der Waals surface area contributed by atoms with Gasteiger partial charge in [0, 0.05) is 12.3 Å². The molecular weight excluding hydrogens is 370 g/mol. The van der Waals surface area contributed by atoms with E-state index in [2.05, 4.69) is 5.32 Å². The number of amides is 1. The summed E-state index contributed by atoms with van der Waals surface area (Å²) in [6, 6.07) is 9.63. The zero-order valence-corrected chi connectivity index (χ0v) is 14.8. The van der Waals surface area contributed by atoms with Crippen LogP contribution in [0.25, 0.3) is 0 Å². The van der Waals surface area contributed by atoms with Crippen molar-refractivity contribution in [2.24, 2.45) is 0 Å². The lowest BCUT2D eigenvalue weighted by molar-refractivity contribution is -0.138. The minimum Gasteiger partial charge on any atom is -0.394 e. The number of aromatic amines is 1. The number of hydrogen-bond acceptors (Lipinski definition) is 7. The second-order valence-corrected chi connectivity index (χ2v) is 6.52. The Morgan fingerprint density at radius 3 is 2.54 bits per heavy atom. The Morgan fingerprint density at radius 1 is 1.18 bits per heavy atom. The predicted octanol–water partition coefficient (Wildman–Crippen LogP) is -2.12. The molecule has 1 aliphatic rings. The third-order valence-electron chi connectivity index (χ3n) is 4.51. The molecule has 10 nitrogen and oxygen atoms in total. The molecule has 5 atom stereocenters. The van der Waals surface area contributed by atoms with Gasteiger partial charge < -0.3 is 25.4 Å². The van der Waals surface area contributed by atoms with Crippen molar-refractivity contribution < 1.29 is 24.9 Å². The molecule has 0 radical (unpaired) electrons. The van der Waals surface area contributed by atoms with E-state index in [9.17, 15) is 29.7 Å². The molecular formula is C18H21N3O7. The summed E-state index contributed by atoms with van der Waals surface area (Å²) in [6.07, 6.45) is -4.51. The molecule has 1 fully saturated rings. The number of nitrogens with one attached hydrogen (secondary N) is 2. The van der Waals surface area contributed by atoms with Gasteiger partial charge in [-0.05, 0) is 12.0 Å². The van der Waals surface area contributed by atoms with Crippen molar-refractivity contribution in [1.29, 1.82) is 0 Å². The first kappa shape index (κ1) is 20.0. The van der Waals surface area contributed by atoms with Gasteiger partial charge in [0.05, 0.1) is 12.6 Å². The van der Waals surface area contributed by atoms with E-state index in [4.69, 9.17) is 4.74 Å². The Balaban J connectivity index is 1.71. The Morgan fingerprint density at radius 2 is 1.89 bits per heavy atom. The fourth-order valence-electron chi connectivity index (χ4n) is 3.08. The quantitative estimate of drug-likeness (QED) is 0.377. The van der Waals surface area contributed by atoms with Gasteiger partial charge in [-0.1, -0.05) is 30.3 Å². The SMILES string of the molecule is O=C(N[C@H](CO)Cc1ccccc1)[C@H]1O[C@@H](n2ccc(=O)[nH]c2=O)[C@H](O)[C@@H]1O. The van der Waals surface area contributed by atoms with Crippen molar-refractivity contribution in [2.45, 2.75) is 37.0 Å². The van der Waals surface area contributed by atoms with Crippen LogP contribution in [0.5, 0.6) is 0 Å². The molecule has 5 N–H and O–H groups in total. The number of aliphatic hydroxyl groups is 3. The van der Waals surface area contributed by atoms with Crippen LogP contribution in [-0.2, 0) is 16.0 Å². The Bertz CT molecular complexity index is 927. The van der Waals surface area contributed by atoms with E-state index in [0.717, 1.165) is 22.4 Å². The fraction of sp³-hybridized carbons (Fsp3) is 0.389. The summed E-state index contributed by atoms with van der Waals surface area (Å²) in [7, 11) is 0. The minimum absolute atomic E-state index is 0.338. The van der Waals surface area contributed by atoms with E-state index in [0.29, 0.717) is 6.42 Å². The van der Waals surface area contributed by atoms with Crippen molar-refractivity contribution in [3.05, 3.63) is 69.0 Å². The summed E-state index contributed by atoms with van der Waals surface area (Å²) >= 11 is 0. The van der Waals surface area contributed by atoms with Crippen LogP contribution in [0.2, 0.25) is 0 Å². The van der Waals surface area contributed by atoms with Crippen LogP contribution in [-0.4, -0.2) is 61.7 Å². The van der Waals surface area contributed by atoms with Crippen molar-refractivity contribution in [1.82, 2.24) is 14.9 Å². The van der Waals surface area contributed by atoms with Crippen LogP contribution >= 0.6 is 0 Å². The van der Waals surface area contributed by atoms with E-state index in [1.807, 2.05) is 35.3 Å². The van der Waals surface area contributed by atoms with Crippen LogP contribution in [0.4, 0.5) is 0 Å². The second kappa shape index (κ2) is 8.48. The zero-order valence-electron chi connectivity index (χ0n) is 14.8. The third kappa shape index (κ3) is 4.20. The molecule has 2 heterocycles. The van der Waals surface area contributed by atoms with E-state index < -0.39 is 47.7 Å². The third-order valence-corrected chi connectivity index (χ3v) is 4.51. The number of aromatic nitrogens is 2. The van der Waals surface area contributed by atoms with Gasteiger partial charge in [-0.3, -0.25) is 19.1 Å². The summed E-state index contributed by atoms with van der Waals surface area (Å²) < 4.78 is 6.28. The Labute approximate surface area is 159 Å². The molecule has 1 amide bonds. The number of benzene rings is 1. The van der Waals surface area contributed by atoms with Gasteiger partial charge in [0.2, 0.25) is 0 Å². The minimum atomic E-state index is -1.60. The number of aliphatic hydroxyl groups excluding tert-OH is 3. The molecule has 150 valence electrons. The first-order valence-electron chi connectivity index (χ1n) is 8.69. The molecule has 1 aliphatic heterocycles. The standard InChI is InChI=1S/C18H21N3O7/c22-9-11(8-10-4-2-1-3-5-10)19-16(26)15-13(24)14(25)17(28-15)21-7-6-12(23)20-18(21)27/h1-7,11,13-15,17,22,24-25H,8-9H2,(H,19,26)(H,20,23,27)/t11-,13-,14+,15-,17+/m0/s1. The molecule has 0 aliphatic carbocycles. The normalized spacial score (nSPS) is 25.4. The smallest absolute Gasteiger partial charge is 0.330 e. The summed E-state index contributed by atoms with van der Waals surface area (Å²) in [4.78, 5) is 37.6. The molecule has 2 aromatic rings. The predicted molar refractivity (Wildman–Crippen MR) is 96.4 cm³/mol. The second-order valence-electron chi connectivity index (χ2n) is 6.52. The summed E-state index contributed by atoms with van der Waals surface area (Å²) in [6.45, 7) is -0.338. The lowest BCUT2D eigenvalue weighted by Gasteiger charge is -2.20. The van der Waals surface area contributed by atoms with Crippen LogP contribution in [0.3, 0.4) is 0 Å². The summed E-state index contributed by atoms with van der Waals surface area (Å²) in [5.74, 6) is -0.735. The number of carbonyl (C=O) groups excluding carboxylic acids is 1. The maximum atomic E-state index is 12.5. The Hall–Kier alpha value is -2.79. The van der Waals surface area contributed by atoms with Crippen molar-refractivity contribution in [3.63, 3.8) is 0 Å². The monoisotopic (exact) mass is 391 g/mol. The van der Waals surface area contributed by atoms with Gasteiger partial charge in [0.15, 0.2) is 12.3 Å². The number of nitrogens with zero attached hydrogens (tertiary/aromatic N) is 1. The van der Waals surface area contributed by atoms with Crippen LogP contribution in [0.1, 0.15) is 11.8 Å². The first-order chi connectivity index (χ1) is 13.4. The average molecular weight is 391 g/mol. The lowest BCUT2D eigenvalue weighted by atomic mass is 10.1. The number of ether oxygens (including phenoxy) is 1.